The summed E-state index contributed by atoms with van der Waals surface area (Å²) in [6, 6.07) is 32.3. The zero-order valence-corrected chi connectivity index (χ0v) is 86.9. The normalized spacial score (nSPS) is 16.6. The van der Waals surface area contributed by atoms with Gasteiger partial charge in [-0.25, -0.2) is 37.5 Å². The minimum absolute atomic E-state index is 0.373. The number of halogens is 2. The average molecular weight is 1940 g/mol. The SMILES string of the molecule is CN(C)c1ccc2c(c1)[Si](C)(C)C1=CC(=[N+](C)C)C=CC1=C2c1ccc(C(=O)O)s1.Cc1c(Br)sc(C(=O)O)c1C1=C2C=CC(=[N+](C)C)C=C2[Si](C)(C)c2cc(N(C)C)ccc21.Cc1c(C(=O)O)sc(C2=C3C=CC(=[N+](C)C)C=C3[Si](C)(C)c3cc(N(C)C)ccc32)c1Br.Cc1cc(C(=O)O)sc1C1=C2C=CC(=[N+](C)C)C=C2[Si](C)(C)c2cc(N(C)C)ccc21. The first kappa shape index (κ1) is 92.8. The van der Waals surface area contributed by atoms with E-state index in [9.17, 15) is 39.6 Å². The second kappa shape index (κ2) is 35.1. The van der Waals surface area contributed by atoms with Crippen molar-refractivity contribution >= 4 is 222 Å². The van der Waals surface area contributed by atoms with Crippen LogP contribution in [0.25, 0.3) is 22.3 Å². The number of nitrogens with zero attached hydrogens (tertiary/aromatic N) is 8. The van der Waals surface area contributed by atoms with Gasteiger partial charge in [-0.3, -0.25) is 0 Å². The van der Waals surface area contributed by atoms with Crippen molar-refractivity contribution in [3.8, 4) is 0 Å². The van der Waals surface area contributed by atoms with Crippen molar-refractivity contribution < 1.29 is 57.9 Å². The van der Waals surface area contributed by atoms with Gasteiger partial charge in [-0.2, -0.15) is 0 Å². The third kappa shape index (κ3) is 16.9. The molecule has 0 radical (unpaired) electrons. The Hall–Kier alpha value is -9.85. The van der Waals surface area contributed by atoms with Gasteiger partial charge in [-0.15, -0.1) is 45.3 Å². The van der Waals surface area contributed by atoms with Gasteiger partial charge in [0.2, 0.25) is 0 Å². The van der Waals surface area contributed by atoms with Crippen molar-refractivity contribution in [2.45, 2.75) is 73.1 Å². The number of anilines is 4. The van der Waals surface area contributed by atoms with Crippen LogP contribution in [0.1, 0.15) is 97.8 Å². The Morgan fingerprint density at radius 3 is 0.968 bits per heavy atom. The molecular weight excluding hydrogens is 1830 g/mol. The molecule has 8 aromatic rings. The van der Waals surface area contributed by atoms with Gasteiger partial charge in [0, 0.05) is 164 Å². The van der Waals surface area contributed by atoms with E-state index in [4.69, 9.17) is 0 Å². The predicted molar refractivity (Wildman–Crippen MR) is 548 cm³/mol. The molecule has 0 atom stereocenters. The molecule has 4 aromatic carbocycles. The number of rotatable bonds is 12. The second-order valence-electron chi connectivity index (χ2n) is 36.4. The lowest BCUT2D eigenvalue weighted by Crippen LogP contribution is -2.49. The molecular formula is C99H112Br2N8O8S4Si4+4. The van der Waals surface area contributed by atoms with Crippen molar-refractivity contribution in [1.82, 2.24) is 0 Å². The molecule has 646 valence electrons. The number of hydrogen-bond acceptors (Lipinski definition) is 12. The van der Waals surface area contributed by atoms with Gasteiger partial charge in [-0.05, 0) is 252 Å². The molecule has 4 aliphatic carbocycles. The molecule has 0 saturated carbocycles. The fourth-order valence-corrected chi connectivity index (χ4v) is 35.5. The van der Waals surface area contributed by atoms with Gasteiger partial charge in [0.1, 0.15) is 108 Å². The highest BCUT2D eigenvalue weighted by molar-refractivity contribution is 9.11. The van der Waals surface area contributed by atoms with Crippen LogP contribution in [-0.2, 0) is 0 Å². The largest absolute Gasteiger partial charge is 0.477 e. The van der Waals surface area contributed by atoms with Gasteiger partial charge in [0.15, 0.2) is 22.8 Å². The maximum absolute atomic E-state index is 12.2. The number of hydrogen-bond donors (Lipinski definition) is 4. The molecule has 4 aromatic heterocycles. The summed E-state index contributed by atoms with van der Waals surface area (Å²) in [5, 5.41) is 49.9. The number of aryl methyl sites for hydroxylation is 1. The van der Waals surface area contributed by atoms with Crippen molar-refractivity contribution in [2.24, 2.45) is 0 Å². The third-order valence-electron chi connectivity index (χ3n) is 25.1. The van der Waals surface area contributed by atoms with E-state index in [1.165, 1.54) is 160 Å². The molecule has 8 heterocycles. The summed E-state index contributed by atoms with van der Waals surface area (Å²) in [7, 11) is 25.1. The number of carbonyl (C=O) groups is 4. The van der Waals surface area contributed by atoms with Crippen LogP contribution in [0.2, 0.25) is 52.4 Å². The zero-order chi connectivity index (χ0) is 91.5. The number of fused-ring (bicyclic) bond motifs is 8. The number of allylic oxidation sites excluding steroid dienone is 20. The molecule has 8 aliphatic rings. The molecule has 0 amide bonds. The van der Waals surface area contributed by atoms with Crippen LogP contribution in [0.3, 0.4) is 0 Å². The first-order chi connectivity index (χ1) is 58.5. The third-order valence-corrected chi connectivity index (χ3v) is 46.3. The molecule has 26 heteroatoms. The fourth-order valence-electron chi connectivity index (χ4n) is 17.8. The first-order valence-corrected chi connectivity index (χ1v) is 58.2. The van der Waals surface area contributed by atoms with E-state index >= 15 is 0 Å². The lowest BCUT2D eigenvalue weighted by atomic mass is 9.88. The van der Waals surface area contributed by atoms with Crippen LogP contribution in [0, 0.1) is 20.8 Å². The fraction of sp³-hybridized carbons (Fsp3) is 0.273. The number of thiophene rings is 4. The van der Waals surface area contributed by atoms with Gasteiger partial charge in [0.25, 0.3) is 0 Å². The molecule has 0 fully saturated rings. The van der Waals surface area contributed by atoms with E-state index in [0.717, 1.165) is 84.4 Å². The molecule has 0 unspecified atom stereocenters. The van der Waals surface area contributed by atoms with Crippen LogP contribution in [-0.4, -0.2) is 231 Å². The Morgan fingerprint density at radius 1 is 0.344 bits per heavy atom. The Kier molecular flexibility index (Phi) is 26.0. The van der Waals surface area contributed by atoms with Crippen molar-refractivity contribution in [3.05, 3.63) is 294 Å². The number of benzene rings is 4. The predicted octanol–water partition coefficient (Wildman–Crippen LogP) is 18.4. The van der Waals surface area contributed by atoms with Crippen molar-refractivity contribution in [3.63, 3.8) is 0 Å². The lowest BCUT2D eigenvalue weighted by molar-refractivity contribution is -0.462. The molecule has 16 nitrogen and oxygen atoms in total. The van der Waals surface area contributed by atoms with Crippen molar-refractivity contribution in [1.29, 1.82) is 0 Å². The quantitative estimate of drug-likeness (QED) is 0.0674. The standard InChI is InChI=1S/2C25H27BrN2O2SSi.C25H28N2O2SSi.C24H26N2O2SSi/c1-14-22(26)24(31-23(14)25(29)30)21-17-10-8-15(27(2)3)12-19(17)32(6,7)20-13-16(28(4)5)9-11-18(20)21;1-14-21(23(25(29)30)31-24(14)26)22-17-10-8-15(27(2)3)12-19(17)32(6,7)20-13-16(28(4)5)9-11-18(20)22;1-15-12-20(25(28)29)30-24(15)23-18-10-8-16(26(2)3)13-21(18)31(6,7)22-14-17(27(4)5)9-11-19(22)23;1-25(2)15-7-9-17-21(13-15)30(5,6)22-14-16(26(3)4)8-10-18(22)23(17)19-11-12-20(29-19)24(27)28/h2*8-13H,1-7H3;8-14H,1-7H3;7-14H,1-6H3/p+4. The Labute approximate surface area is 772 Å². The van der Waals surface area contributed by atoms with Crippen LogP contribution in [0.5, 0.6) is 0 Å². The van der Waals surface area contributed by atoms with E-state index in [1.807, 2.05) is 26.8 Å². The molecule has 4 N–H and O–H groups in total. The summed E-state index contributed by atoms with van der Waals surface area (Å²) < 4.78 is 10.3. The smallest absolute Gasteiger partial charge is 0.346 e. The van der Waals surface area contributed by atoms with E-state index in [2.05, 4.69) is 381 Å². The summed E-state index contributed by atoms with van der Waals surface area (Å²) in [4.78, 5) is 60.5. The van der Waals surface area contributed by atoms with Gasteiger partial charge in [-0.1, -0.05) is 76.6 Å². The average Bonchev–Trinajstić information content (AvgIpc) is 1.72. The highest BCUT2D eigenvalue weighted by Gasteiger charge is 2.47. The van der Waals surface area contributed by atoms with E-state index < -0.39 is 56.2 Å². The molecule has 16 rings (SSSR count). The maximum atomic E-state index is 12.2. The van der Waals surface area contributed by atoms with Crippen LogP contribution >= 0.6 is 77.2 Å². The molecule has 0 saturated heterocycles. The summed E-state index contributed by atoms with van der Waals surface area (Å²) in [6.45, 7) is 25.2. The van der Waals surface area contributed by atoms with E-state index in [1.54, 1.807) is 12.1 Å². The summed E-state index contributed by atoms with van der Waals surface area (Å²) in [5.74, 6) is -3.50. The minimum atomic E-state index is -2.05. The summed E-state index contributed by atoms with van der Waals surface area (Å²) in [5.41, 5.74) is 27.3. The Morgan fingerprint density at radius 2 is 0.664 bits per heavy atom. The number of aromatic carboxylic acids is 4. The minimum Gasteiger partial charge on any atom is -0.477 e. The van der Waals surface area contributed by atoms with Crippen LogP contribution in [0.4, 0.5) is 22.7 Å². The highest BCUT2D eigenvalue weighted by Crippen LogP contribution is 2.52. The first-order valence-electron chi connectivity index (χ1n) is 41.3. The monoisotopic (exact) mass is 1940 g/mol. The van der Waals surface area contributed by atoms with Crippen LogP contribution < -0.4 is 40.3 Å². The number of carboxylic acids is 4. The Bertz CT molecular complexity index is 6580. The van der Waals surface area contributed by atoms with Crippen LogP contribution in [0.15, 0.2) is 215 Å². The summed E-state index contributed by atoms with van der Waals surface area (Å²) >= 11 is 12.7. The molecule has 125 heavy (non-hydrogen) atoms. The zero-order valence-electron chi connectivity index (χ0n) is 76.5. The highest BCUT2D eigenvalue weighted by atomic mass is 79.9. The van der Waals surface area contributed by atoms with Gasteiger partial charge in [0.05, 0.1) is 8.66 Å². The van der Waals surface area contributed by atoms with E-state index in [-0.39, 0.29) is 0 Å². The van der Waals surface area contributed by atoms with Gasteiger partial charge >= 0.3 is 23.9 Å². The molecule has 0 bridgehead atoms. The lowest BCUT2D eigenvalue weighted by Gasteiger charge is -2.38. The maximum Gasteiger partial charge on any atom is 0.346 e. The topological polar surface area (TPSA) is 174 Å². The number of carboxylic acid groups (broad SMARTS) is 4. The van der Waals surface area contributed by atoms with Crippen molar-refractivity contribution in [2.75, 3.05) is 132 Å². The van der Waals surface area contributed by atoms with E-state index in [0.29, 0.717) is 19.5 Å². The second-order valence-corrected chi connectivity index (χ2v) is 60.0. The Balaban J connectivity index is 0.000000143. The van der Waals surface area contributed by atoms with Gasteiger partial charge < -0.3 is 40.0 Å². The molecule has 0 spiro atoms. The molecule has 4 aliphatic heterocycles. The summed E-state index contributed by atoms with van der Waals surface area (Å²) in [6.07, 6.45) is 26.8.